The van der Waals surface area contributed by atoms with Gasteiger partial charge in [-0.15, -0.1) is 0 Å². The van der Waals surface area contributed by atoms with E-state index >= 15 is 0 Å². The first-order valence-corrected chi connectivity index (χ1v) is 5.57. The number of nitrogens with two attached hydrogens (primary N) is 1. The van der Waals surface area contributed by atoms with E-state index in [-0.39, 0.29) is 0 Å². The minimum atomic E-state index is 0.561. The van der Waals surface area contributed by atoms with E-state index < -0.39 is 0 Å². The monoisotopic (exact) mass is 389 g/mol. The van der Waals surface area contributed by atoms with Gasteiger partial charge in [-0.05, 0) is 56.8 Å². The molecule has 0 spiro atoms. The van der Waals surface area contributed by atoms with Gasteiger partial charge in [-0.1, -0.05) is 6.07 Å². The van der Waals surface area contributed by atoms with Crippen LogP contribution in [0.5, 0.6) is 5.75 Å². The summed E-state index contributed by atoms with van der Waals surface area (Å²) >= 11 is 4.51. The zero-order chi connectivity index (χ0) is 9.14. The normalized spacial score (nSPS) is 10.0. The minimum absolute atomic E-state index is 0.561. The second-order valence-corrected chi connectivity index (χ2v) is 4.50. The van der Waals surface area contributed by atoms with Crippen molar-refractivity contribution >= 4 is 45.2 Å². The van der Waals surface area contributed by atoms with Crippen molar-refractivity contribution in [2.45, 2.75) is 6.54 Å². The quantitative estimate of drug-likeness (QED) is 0.789. The summed E-state index contributed by atoms with van der Waals surface area (Å²) < 4.78 is 7.48. The molecular formula is C8H9I2NO. The molecule has 0 saturated heterocycles. The van der Waals surface area contributed by atoms with Crippen molar-refractivity contribution in [3.63, 3.8) is 0 Å². The number of ether oxygens (including phenoxy) is 1. The Morgan fingerprint density at radius 2 is 2.08 bits per heavy atom. The third-order valence-electron chi connectivity index (χ3n) is 1.55. The Morgan fingerprint density at radius 3 is 2.58 bits per heavy atom. The molecule has 0 radical (unpaired) electrons. The molecule has 66 valence electrons. The molecule has 0 bridgehead atoms. The first-order valence-electron chi connectivity index (χ1n) is 3.41. The van der Waals surface area contributed by atoms with Crippen molar-refractivity contribution in [1.29, 1.82) is 0 Å². The molecule has 0 heterocycles. The number of rotatable bonds is 2. The average Bonchev–Trinajstić information content (AvgIpc) is 2.06. The average molecular weight is 389 g/mol. The fraction of sp³-hybridized carbons (Fsp3) is 0.250. The van der Waals surface area contributed by atoms with Crippen LogP contribution in [-0.4, -0.2) is 7.11 Å². The molecular weight excluding hydrogens is 380 g/mol. The molecule has 0 amide bonds. The van der Waals surface area contributed by atoms with Crippen LogP contribution in [0, 0.1) is 7.14 Å². The molecule has 1 aromatic rings. The largest absolute Gasteiger partial charge is 0.495 e. The van der Waals surface area contributed by atoms with Gasteiger partial charge in [0.15, 0.2) is 0 Å². The highest BCUT2D eigenvalue weighted by Crippen LogP contribution is 2.29. The molecule has 12 heavy (non-hydrogen) atoms. The minimum Gasteiger partial charge on any atom is -0.495 e. The highest BCUT2D eigenvalue weighted by Gasteiger charge is 2.08. The Labute approximate surface area is 99.1 Å². The van der Waals surface area contributed by atoms with Crippen LogP contribution in [0.4, 0.5) is 0 Å². The predicted molar refractivity (Wildman–Crippen MR) is 66.3 cm³/mol. The summed E-state index contributed by atoms with van der Waals surface area (Å²) in [4.78, 5) is 0. The smallest absolute Gasteiger partial charge is 0.145 e. The highest BCUT2D eigenvalue weighted by molar-refractivity contribution is 14.1. The Morgan fingerprint density at radius 1 is 1.42 bits per heavy atom. The van der Waals surface area contributed by atoms with E-state index in [1.807, 2.05) is 12.1 Å². The van der Waals surface area contributed by atoms with Gasteiger partial charge in [-0.2, -0.15) is 0 Å². The standard InChI is InChI=1S/C8H9I2NO/c1-12-8-6(9)3-2-5(4-11)7(8)10/h2-3H,4,11H2,1H3. The Kier molecular flexibility index (Phi) is 4.04. The lowest BCUT2D eigenvalue weighted by Gasteiger charge is -2.09. The van der Waals surface area contributed by atoms with Crippen molar-refractivity contribution in [2.24, 2.45) is 5.73 Å². The lowest BCUT2D eigenvalue weighted by molar-refractivity contribution is 0.408. The van der Waals surface area contributed by atoms with Crippen molar-refractivity contribution in [1.82, 2.24) is 0 Å². The van der Waals surface area contributed by atoms with Gasteiger partial charge in [0, 0.05) is 6.54 Å². The summed E-state index contributed by atoms with van der Waals surface area (Å²) in [7, 11) is 1.68. The molecule has 4 heteroatoms. The van der Waals surface area contributed by atoms with E-state index in [1.54, 1.807) is 7.11 Å². The first-order chi connectivity index (χ1) is 5.70. The first kappa shape index (κ1) is 10.5. The number of hydrogen-bond donors (Lipinski definition) is 1. The summed E-state index contributed by atoms with van der Waals surface area (Å²) in [5, 5.41) is 0. The summed E-state index contributed by atoms with van der Waals surface area (Å²) in [5.74, 6) is 0.930. The van der Waals surface area contributed by atoms with Gasteiger partial charge in [0.25, 0.3) is 0 Å². The number of methoxy groups -OCH3 is 1. The third-order valence-corrected chi connectivity index (χ3v) is 3.59. The van der Waals surface area contributed by atoms with Crippen LogP contribution >= 0.6 is 45.2 Å². The zero-order valence-corrected chi connectivity index (χ0v) is 10.9. The molecule has 0 saturated carbocycles. The number of benzene rings is 1. The second-order valence-electron chi connectivity index (χ2n) is 2.26. The van der Waals surface area contributed by atoms with E-state index in [2.05, 4.69) is 45.2 Å². The van der Waals surface area contributed by atoms with Crippen LogP contribution in [0.25, 0.3) is 0 Å². The molecule has 1 aromatic carbocycles. The highest BCUT2D eigenvalue weighted by atomic mass is 127. The molecule has 0 unspecified atom stereocenters. The Balaban J connectivity index is 3.24. The van der Waals surface area contributed by atoms with E-state index in [4.69, 9.17) is 10.5 Å². The number of hydrogen-bond acceptors (Lipinski definition) is 2. The maximum Gasteiger partial charge on any atom is 0.145 e. The molecule has 0 fully saturated rings. The summed E-state index contributed by atoms with van der Waals surface area (Å²) in [6, 6.07) is 4.05. The molecule has 0 aliphatic heterocycles. The molecule has 2 nitrogen and oxygen atoms in total. The summed E-state index contributed by atoms with van der Waals surface area (Å²) in [6.07, 6.45) is 0. The maximum atomic E-state index is 5.56. The topological polar surface area (TPSA) is 35.2 Å². The Bertz CT molecular complexity index is 289. The van der Waals surface area contributed by atoms with Gasteiger partial charge in [0.2, 0.25) is 0 Å². The molecule has 2 N–H and O–H groups in total. The van der Waals surface area contributed by atoms with Gasteiger partial charge in [-0.25, -0.2) is 0 Å². The van der Waals surface area contributed by atoms with Crippen LogP contribution < -0.4 is 10.5 Å². The number of halogens is 2. The SMILES string of the molecule is COc1c(I)ccc(CN)c1I. The van der Waals surface area contributed by atoms with E-state index in [9.17, 15) is 0 Å². The molecule has 0 aliphatic rings. The van der Waals surface area contributed by atoms with E-state index in [0.29, 0.717) is 6.54 Å². The van der Waals surface area contributed by atoms with Crippen LogP contribution in [0.2, 0.25) is 0 Å². The maximum absolute atomic E-state index is 5.56. The van der Waals surface area contributed by atoms with Crippen LogP contribution in [0.3, 0.4) is 0 Å². The second kappa shape index (κ2) is 4.61. The molecule has 0 atom stereocenters. The summed E-state index contributed by atoms with van der Waals surface area (Å²) in [6.45, 7) is 0.561. The van der Waals surface area contributed by atoms with Gasteiger partial charge >= 0.3 is 0 Å². The lowest BCUT2D eigenvalue weighted by atomic mass is 10.2. The van der Waals surface area contributed by atoms with Crippen molar-refractivity contribution in [2.75, 3.05) is 7.11 Å². The third kappa shape index (κ3) is 2.02. The van der Waals surface area contributed by atoms with Crippen molar-refractivity contribution in [3.05, 3.63) is 24.8 Å². The van der Waals surface area contributed by atoms with E-state index in [1.165, 1.54) is 0 Å². The molecule has 0 aliphatic carbocycles. The predicted octanol–water partition coefficient (Wildman–Crippen LogP) is 2.36. The van der Waals surface area contributed by atoms with E-state index in [0.717, 1.165) is 18.5 Å². The van der Waals surface area contributed by atoms with Crippen LogP contribution in [-0.2, 0) is 6.54 Å². The Hall–Kier alpha value is 0.440. The van der Waals surface area contributed by atoms with Gasteiger partial charge < -0.3 is 10.5 Å². The van der Waals surface area contributed by atoms with Crippen molar-refractivity contribution in [3.8, 4) is 5.75 Å². The van der Waals surface area contributed by atoms with Gasteiger partial charge in [0.05, 0.1) is 14.3 Å². The van der Waals surface area contributed by atoms with Crippen LogP contribution in [0.15, 0.2) is 12.1 Å². The van der Waals surface area contributed by atoms with Crippen molar-refractivity contribution < 1.29 is 4.74 Å². The van der Waals surface area contributed by atoms with Crippen LogP contribution in [0.1, 0.15) is 5.56 Å². The van der Waals surface area contributed by atoms with Gasteiger partial charge in [0.1, 0.15) is 5.75 Å². The fourth-order valence-electron chi connectivity index (χ4n) is 0.918. The van der Waals surface area contributed by atoms with Gasteiger partial charge in [-0.3, -0.25) is 0 Å². The molecule has 1 rings (SSSR count). The molecule has 0 aromatic heterocycles. The summed E-state index contributed by atoms with van der Waals surface area (Å²) in [5.41, 5.74) is 6.69. The zero-order valence-electron chi connectivity index (χ0n) is 6.60. The lowest BCUT2D eigenvalue weighted by Crippen LogP contribution is -2.01. The fourth-order valence-corrected chi connectivity index (χ4v) is 3.01.